The molecule has 2 aromatic rings. The van der Waals surface area contributed by atoms with Crippen LogP contribution >= 0.6 is 0 Å². The maximum absolute atomic E-state index is 11.9. The number of nitrogens with two attached hydrogens (primary N) is 1. The molecule has 0 aromatic carbocycles. The summed E-state index contributed by atoms with van der Waals surface area (Å²) in [6, 6.07) is 0. The second kappa shape index (κ2) is 4.44. The van der Waals surface area contributed by atoms with Crippen LogP contribution in [0.4, 0.5) is 5.95 Å². The van der Waals surface area contributed by atoms with E-state index in [-0.39, 0.29) is 30.1 Å². The Morgan fingerprint density at radius 3 is 2.85 bits per heavy atom. The molecular formula is C10H13N5O5. The Morgan fingerprint density at radius 2 is 2.20 bits per heavy atom. The van der Waals surface area contributed by atoms with E-state index in [2.05, 4.69) is 15.0 Å². The molecule has 3 rings (SSSR count). The van der Waals surface area contributed by atoms with Gasteiger partial charge in [0.2, 0.25) is 5.95 Å². The summed E-state index contributed by atoms with van der Waals surface area (Å²) in [5, 5.41) is 18.8. The van der Waals surface area contributed by atoms with E-state index in [0.29, 0.717) is 0 Å². The molecule has 0 amide bonds. The minimum Gasteiger partial charge on any atom is -0.394 e. The average Bonchev–Trinajstić information content (AvgIpc) is 2.89. The molecule has 2 aromatic heterocycles. The fraction of sp³-hybridized carbons (Fsp3) is 0.500. The Morgan fingerprint density at radius 1 is 1.45 bits per heavy atom. The third-order valence-corrected chi connectivity index (χ3v) is 3.27. The zero-order valence-corrected chi connectivity index (χ0v) is 10.2. The fourth-order valence-electron chi connectivity index (χ4n) is 2.33. The Labute approximate surface area is 110 Å². The van der Waals surface area contributed by atoms with Gasteiger partial charge in [-0.15, -0.1) is 0 Å². The van der Waals surface area contributed by atoms with Gasteiger partial charge in [0.05, 0.1) is 12.7 Å². The first-order valence-electron chi connectivity index (χ1n) is 5.95. The molecule has 1 saturated heterocycles. The Hall–Kier alpha value is -2.17. The largest absolute Gasteiger partial charge is 0.394 e. The number of nitrogens with zero attached hydrogens (tertiary/aromatic N) is 2. The van der Waals surface area contributed by atoms with Gasteiger partial charge in [0.1, 0.15) is 12.3 Å². The van der Waals surface area contributed by atoms with E-state index in [9.17, 15) is 14.7 Å². The molecular weight excluding hydrogens is 270 g/mol. The molecule has 0 spiro atoms. The van der Waals surface area contributed by atoms with Gasteiger partial charge >= 0.3 is 5.69 Å². The van der Waals surface area contributed by atoms with E-state index in [0.717, 1.165) is 4.57 Å². The van der Waals surface area contributed by atoms with E-state index < -0.39 is 29.7 Å². The fourth-order valence-corrected chi connectivity index (χ4v) is 2.33. The molecule has 10 heteroatoms. The number of rotatable bonds is 2. The van der Waals surface area contributed by atoms with E-state index in [1.807, 2.05) is 0 Å². The molecule has 108 valence electrons. The Bertz CT molecular complexity index is 761. The lowest BCUT2D eigenvalue weighted by Crippen LogP contribution is -2.25. The second-order valence-electron chi connectivity index (χ2n) is 4.56. The van der Waals surface area contributed by atoms with Crippen molar-refractivity contribution < 1.29 is 14.9 Å². The summed E-state index contributed by atoms with van der Waals surface area (Å²) < 4.78 is 6.50. The monoisotopic (exact) mass is 283 g/mol. The van der Waals surface area contributed by atoms with Crippen LogP contribution in [0.15, 0.2) is 9.59 Å². The Balaban J connectivity index is 2.15. The third-order valence-electron chi connectivity index (χ3n) is 3.27. The first-order valence-corrected chi connectivity index (χ1v) is 5.95. The lowest BCUT2D eigenvalue weighted by molar-refractivity contribution is -0.0441. The highest BCUT2D eigenvalue weighted by atomic mass is 16.5. The van der Waals surface area contributed by atoms with Gasteiger partial charge in [-0.2, -0.15) is 4.98 Å². The van der Waals surface area contributed by atoms with Crippen LogP contribution < -0.4 is 17.0 Å². The molecule has 0 aliphatic carbocycles. The van der Waals surface area contributed by atoms with Crippen molar-refractivity contribution in [3.63, 3.8) is 0 Å². The number of imidazole rings is 1. The topological polar surface area (TPSA) is 159 Å². The molecule has 0 saturated carbocycles. The van der Waals surface area contributed by atoms with Gasteiger partial charge < -0.3 is 20.7 Å². The van der Waals surface area contributed by atoms with Crippen LogP contribution in [0.1, 0.15) is 12.6 Å². The number of ether oxygens (including phenoxy) is 1. The van der Waals surface area contributed by atoms with Gasteiger partial charge in [-0.1, -0.05) is 0 Å². The number of nitrogen functional groups attached to an aromatic ring is 1. The third kappa shape index (κ3) is 1.81. The SMILES string of the molecule is Nc1nc2c([nH]c(=O)n2[C@@H]2C[C@@H](O)[C@H](CO)O2)c(=O)[nH]1. The zero-order valence-electron chi connectivity index (χ0n) is 10.2. The minimum absolute atomic E-state index is 0.0188. The number of aliphatic hydroxyl groups is 2. The van der Waals surface area contributed by atoms with Gasteiger partial charge in [0.15, 0.2) is 11.2 Å². The molecule has 1 aliphatic heterocycles. The highest BCUT2D eigenvalue weighted by Gasteiger charge is 2.36. The van der Waals surface area contributed by atoms with Crippen molar-refractivity contribution in [3.8, 4) is 0 Å². The highest BCUT2D eigenvalue weighted by molar-refractivity contribution is 5.70. The van der Waals surface area contributed by atoms with E-state index >= 15 is 0 Å². The lowest BCUT2D eigenvalue weighted by atomic mass is 10.2. The van der Waals surface area contributed by atoms with E-state index in [4.69, 9.17) is 15.6 Å². The number of hydrogen-bond donors (Lipinski definition) is 5. The van der Waals surface area contributed by atoms with Crippen molar-refractivity contribution in [2.75, 3.05) is 12.3 Å². The number of fused-ring (bicyclic) bond motifs is 1. The number of aliphatic hydroxyl groups excluding tert-OH is 2. The first kappa shape index (κ1) is 12.8. The van der Waals surface area contributed by atoms with Crippen LogP contribution in [0.3, 0.4) is 0 Å². The van der Waals surface area contributed by atoms with E-state index in [1.54, 1.807) is 0 Å². The van der Waals surface area contributed by atoms with Crippen molar-refractivity contribution in [2.45, 2.75) is 24.9 Å². The molecule has 10 nitrogen and oxygen atoms in total. The molecule has 0 unspecified atom stereocenters. The lowest BCUT2D eigenvalue weighted by Gasteiger charge is -2.12. The van der Waals surface area contributed by atoms with Gasteiger partial charge in [-0.25, -0.2) is 9.36 Å². The second-order valence-corrected chi connectivity index (χ2v) is 4.56. The zero-order chi connectivity index (χ0) is 14.4. The van der Waals surface area contributed by atoms with Crippen molar-refractivity contribution >= 4 is 17.1 Å². The smallest absolute Gasteiger partial charge is 0.329 e. The van der Waals surface area contributed by atoms with Crippen LogP contribution in [0, 0.1) is 0 Å². The normalized spacial score (nSPS) is 26.4. The standard InChI is InChI=1S/C10H13N5O5/c11-9-13-7-6(8(18)14-9)12-10(19)15(7)5-1-3(17)4(2-16)20-5/h3-5,16-17H,1-2H2,(H,12,19)(H3,11,13,14,18)/t3-,4+,5+/m1/s1. The van der Waals surface area contributed by atoms with Crippen LogP contribution in [0.2, 0.25) is 0 Å². The quantitative estimate of drug-likeness (QED) is 0.412. The number of anilines is 1. The highest BCUT2D eigenvalue weighted by Crippen LogP contribution is 2.28. The average molecular weight is 283 g/mol. The summed E-state index contributed by atoms with van der Waals surface area (Å²) in [5.74, 6) is -0.132. The number of nitrogens with one attached hydrogen (secondary N) is 2. The maximum atomic E-state index is 11.9. The predicted molar refractivity (Wildman–Crippen MR) is 67.0 cm³/mol. The Kier molecular flexibility index (Phi) is 2.85. The summed E-state index contributed by atoms with van der Waals surface area (Å²) in [7, 11) is 0. The summed E-state index contributed by atoms with van der Waals surface area (Å²) in [6.07, 6.45) is -2.40. The van der Waals surface area contributed by atoms with Crippen LogP contribution in [-0.4, -0.2) is 48.5 Å². The molecule has 1 fully saturated rings. The van der Waals surface area contributed by atoms with Crippen molar-refractivity contribution in [3.05, 3.63) is 20.8 Å². The predicted octanol–water partition coefficient (Wildman–Crippen LogP) is -2.36. The number of aromatic amines is 2. The summed E-state index contributed by atoms with van der Waals surface area (Å²) in [5.41, 5.74) is 4.32. The number of hydrogen-bond acceptors (Lipinski definition) is 7. The maximum Gasteiger partial charge on any atom is 0.329 e. The molecule has 6 N–H and O–H groups in total. The minimum atomic E-state index is -0.902. The summed E-state index contributed by atoms with van der Waals surface area (Å²) in [4.78, 5) is 32.2. The van der Waals surface area contributed by atoms with Gasteiger partial charge in [0.25, 0.3) is 5.56 Å². The summed E-state index contributed by atoms with van der Waals surface area (Å²) in [6.45, 7) is -0.370. The van der Waals surface area contributed by atoms with Gasteiger partial charge in [-0.05, 0) is 0 Å². The first-order chi connectivity index (χ1) is 9.51. The number of aromatic nitrogens is 4. The van der Waals surface area contributed by atoms with Crippen LogP contribution in [0.25, 0.3) is 11.2 Å². The van der Waals surface area contributed by atoms with Crippen molar-refractivity contribution in [2.24, 2.45) is 0 Å². The molecule has 20 heavy (non-hydrogen) atoms. The number of H-pyrrole nitrogens is 2. The van der Waals surface area contributed by atoms with Gasteiger partial charge in [0, 0.05) is 6.42 Å². The molecule has 0 bridgehead atoms. The summed E-state index contributed by atoms with van der Waals surface area (Å²) >= 11 is 0. The molecule has 0 radical (unpaired) electrons. The molecule has 3 atom stereocenters. The van der Waals surface area contributed by atoms with Crippen molar-refractivity contribution in [1.82, 2.24) is 19.5 Å². The van der Waals surface area contributed by atoms with Crippen molar-refractivity contribution in [1.29, 1.82) is 0 Å². The van der Waals surface area contributed by atoms with Gasteiger partial charge in [-0.3, -0.25) is 14.8 Å². The van der Waals surface area contributed by atoms with Crippen LogP contribution in [0.5, 0.6) is 0 Å². The van der Waals surface area contributed by atoms with E-state index in [1.165, 1.54) is 0 Å². The van der Waals surface area contributed by atoms with Crippen LogP contribution in [-0.2, 0) is 4.74 Å². The molecule has 3 heterocycles. The molecule has 1 aliphatic rings.